The van der Waals surface area contributed by atoms with Crippen molar-refractivity contribution in [2.45, 2.75) is 63.7 Å². The Hall–Kier alpha value is -3.23. The van der Waals surface area contributed by atoms with Crippen LogP contribution < -0.4 is 9.64 Å². The highest BCUT2D eigenvalue weighted by Gasteiger charge is 2.43. The predicted octanol–water partition coefficient (Wildman–Crippen LogP) is 5.66. The van der Waals surface area contributed by atoms with Gasteiger partial charge in [-0.05, 0) is 72.6 Å². The SMILES string of the molecule is CCCc1cnc(N2CCC(C3(C)Cc4cc(C5=CCN(S(=O)(=O)Cc6ccccc6)CC5)ccc4O3)CC2)nc1. The molecule has 4 heterocycles. The van der Waals surface area contributed by atoms with Crippen LogP contribution >= 0.6 is 0 Å². The lowest BCUT2D eigenvalue weighted by Crippen LogP contribution is -2.46. The number of fused-ring (bicyclic) bond motifs is 1. The molecule has 0 amide bonds. The van der Waals surface area contributed by atoms with Crippen LogP contribution in [0.5, 0.6) is 5.75 Å². The van der Waals surface area contributed by atoms with Crippen molar-refractivity contribution in [1.82, 2.24) is 14.3 Å². The summed E-state index contributed by atoms with van der Waals surface area (Å²) in [7, 11) is -3.35. The van der Waals surface area contributed by atoms with Gasteiger partial charge < -0.3 is 9.64 Å². The molecule has 1 aromatic heterocycles. The molecule has 0 N–H and O–H groups in total. The Morgan fingerprint density at radius 2 is 1.76 bits per heavy atom. The molecule has 3 aliphatic heterocycles. The number of hydrogen-bond donors (Lipinski definition) is 0. The Kier molecular flexibility index (Phi) is 7.88. The fourth-order valence-corrected chi connectivity index (χ4v) is 8.04. The zero-order valence-electron chi connectivity index (χ0n) is 24.1. The van der Waals surface area contributed by atoms with Gasteiger partial charge in [0, 0.05) is 50.9 Å². The van der Waals surface area contributed by atoms with Crippen molar-refractivity contribution in [3.05, 3.63) is 89.3 Å². The largest absolute Gasteiger partial charge is 0.487 e. The lowest BCUT2D eigenvalue weighted by atomic mass is 9.79. The van der Waals surface area contributed by atoms with Gasteiger partial charge in [-0.1, -0.05) is 55.8 Å². The first-order valence-corrected chi connectivity index (χ1v) is 16.5. The first-order valence-electron chi connectivity index (χ1n) is 14.9. The summed E-state index contributed by atoms with van der Waals surface area (Å²) in [5, 5.41) is 0. The van der Waals surface area contributed by atoms with E-state index in [9.17, 15) is 8.42 Å². The Bertz CT molecular complexity index is 1500. The Balaban J connectivity index is 1.07. The van der Waals surface area contributed by atoms with Crippen molar-refractivity contribution in [3.63, 3.8) is 0 Å². The highest BCUT2D eigenvalue weighted by atomic mass is 32.2. The molecule has 1 atom stereocenters. The van der Waals surface area contributed by atoms with Crippen LogP contribution in [-0.2, 0) is 28.6 Å². The average molecular weight is 573 g/mol. The summed E-state index contributed by atoms with van der Waals surface area (Å²) in [5.74, 6) is 2.33. The zero-order valence-corrected chi connectivity index (χ0v) is 24.9. The second-order valence-corrected chi connectivity index (χ2v) is 13.9. The molecule has 1 saturated heterocycles. The number of aromatic nitrogens is 2. The van der Waals surface area contributed by atoms with Gasteiger partial charge in [0.15, 0.2) is 0 Å². The lowest BCUT2D eigenvalue weighted by molar-refractivity contribution is 0.0349. The number of aryl methyl sites for hydroxylation is 1. The van der Waals surface area contributed by atoms with Gasteiger partial charge in [-0.2, -0.15) is 4.31 Å². The van der Waals surface area contributed by atoms with Gasteiger partial charge in [-0.3, -0.25) is 0 Å². The highest BCUT2D eigenvalue weighted by Crippen LogP contribution is 2.44. The van der Waals surface area contributed by atoms with Gasteiger partial charge in [0.05, 0.1) is 5.75 Å². The van der Waals surface area contributed by atoms with E-state index in [2.05, 4.69) is 53.0 Å². The second-order valence-electron chi connectivity index (χ2n) is 11.9. The first kappa shape index (κ1) is 27.9. The lowest BCUT2D eigenvalue weighted by Gasteiger charge is -2.40. The Morgan fingerprint density at radius 1 is 1.00 bits per heavy atom. The van der Waals surface area contributed by atoms with Crippen molar-refractivity contribution >= 4 is 21.5 Å². The van der Waals surface area contributed by atoms with E-state index in [-0.39, 0.29) is 11.4 Å². The van der Waals surface area contributed by atoms with Crippen LogP contribution in [0.1, 0.15) is 61.8 Å². The number of sulfonamides is 1. The zero-order chi connectivity index (χ0) is 28.5. The number of nitrogens with zero attached hydrogens (tertiary/aromatic N) is 4. The molecule has 0 bridgehead atoms. The van der Waals surface area contributed by atoms with Crippen LogP contribution in [0.4, 0.5) is 5.95 Å². The third-order valence-electron chi connectivity index (χ3n) is 8.94. The van der Waals surface area contributed by atoms with E-state index in [1.54, 1.807) is 4.31 Å². The summed E-state index contributed by atoms with van der Waals surface area (Å²) in [6.45, 7) is 7.24. The van der Waals surface area contributed by atoms with Crippen LogP contribution in [0, 0.1) is 5.92 Å². The smallest absolute Gasteiger partial charge is 0.225 e. The molecule has 7 nitrogen and oxygen atoms in total. The number of rotatable bonds is 8. The number of benzene rings is 2. The van der Waals surface area contributed by atoms with Gasteiger partial charge in [-0.15, -0.1) is 0 Å². The van der Waals surface area contributed by atoms with E-state index in [0.29, 0.717) is 25.4 Å². The molecule has 41 heavy (non-hydrogen) atoms. The van der Waals surface area contributed by atoms with E-state index in [4.69, 9.17) is 4.74 Å². The minimum Gasteiger partial charge on any atom is -0.487 e. The van der Waals surface area contributed by atoms with Crippen molar-refractivity contribution in [2.24, 2.45) is 5.92 Å². The number of anilines is 1. The topological polar surface area (TPSA) is 75.6 Å². The molecular weight excluding hydrogens is 532 g/mol. The molecule has 3 aromatic rings. The van der Waals surface area contributed by atoms with Gasteiger partial charge >= 0.3 is 0 Å². The Morgan fingerprint density at radius 3 is 2.44 bits per heavy atom. The summed E-state index contributed by atoms with van der Waals surface area (Å²) >= 11 is 0. The molecule has 1 unspecified atom stereocenters. The van der Waals surface area contributed by atoms with E-state index in [1.165, 1.54) is 22.3 Å². The summed E-state index contributed by atoms with van der Waals surface area (Å²) in [6.07, 6.45) is 11.9. The van der Waals surface area contributed by atoms with E-state index < -0.39 is 10.0 Å². The molecule has 2 aromatic carbocycles. The summed E-state index contributed by atoms with van der Waals surface area (Å²) in [6, 6.07) is 15.9. The minimum atomic E-state index is -3.35. The van der Waals surface area contributed by atoms with Crippen LogP contribution in [0.15, 0.2) is 67.0 Å². The minimum absolute atomic E-state index is 0.0446. The maximum Gasteiger partial charge on any atom is 0.225 e. The van der Waals surface area contributed by atoms with Crippen LogP contribution in [0.25, 0.3) is 5.57 Å². The molecule has 0 spiro atoms. The van der Waals surface area contributed by atoms with Gasteiger partial charge in [-0.25, -0.2) is 18.4 Å². The standard InChI is InChI=1S/C33H40N4O3S/c1-3-7-26-22-34-32(35-23-26)36-16-14-30(15-17-36)33(2)21-29-20-28(10-11-31(29)40-33)27-12-18-37(19-13-27)41(38,39)24-25-8-5-4-6-9-25/h4-6,8-12,20,22-23,30H,3,7,13-19,21,24H2,1-2H3. The maximum atomic E-state index is 13.0. The molecule has 6 rings (SSSR count). The molecule has 0 aliphatic carbocycles. The van der Waals surface area contributed by atoms with Gasteiger partial charge in [0.2, 0.25) is 16.0 Å². The van der Waals surface area contributed by atoms with Crippen LogP contribution in [0.2, 0.25) is 0 Å². The normalized spacial score (nSPS) is 21.8. The predicted molar refractivity (Wildman–Crippen MR) is 163 cm³/mol. The summed E-state index contributed by atoms with van der Waals surface area (Å²) < 4.78 is 34.2. The number of ether oxygens (including phenoxy) is 1. The van der Waals surface area contributed by atoms with E-state index in [1.807, 2.05) is 42.7 Å². The van der Waals surface area contributed by atoms with Crippen molar-refractivity contribution in [2.75, 3.05) is 31.1 Å². The summed E-state index contributed by atoms with van der Waals surface area (Å²) in [4.78, 5) is 11.6. The fourth-order valence-electron chi connectivity index (χ4n) is 6.57. The van der Waals surface area contributed by atoms with E-state index >= 15 is 0 Å². The van der Waals surface area contributed by atoms with Gasteiger partial charge in [0.25, 0.3) is 0 Å². The number of hydrogen-bond acceptors (Lipinski definition) is 6. The highest BCUT2D eigenvalue weighted by molar-refractivity contribution is 7.88. The third kappa shape index (κ3) is 6.04. The number of piperidine rings is 1. The monoisotopic (exact) mass is 572 g/mol. The molecule has 216 valence electrons. The molecule has 8 heteroatoms. The quantitative estimate of drug-likeness (QED) is 0.347. The van der Waals surface area contributed by atoms with Gasteiger partial charge in [0.1, 0.15) is 11.4 Å². The van der Waals surface area contributed by atoms with Crippen molar-refractivity contribution in [1.29, 1.82) is 0 Å². The molecule has 1 fully saturated rings. The van der Waals surface area contributed by atoms with Crippen LogP contribution in [0.3, 0.4) is 0 Å². The van der Waals surface area contributed by atoms with Crippen molar-refractivity contribution in [3.8, 4) is 5.75 Å². The van der Waals surface area contributed by atoms with Crippen molar-refractivity contribution < 1.29 is 13.2 Å². The summed E-state index contributed by atoms with van der Waals surface area (Å²) in [5.41, 5.74) is 5.44. The first-order chi connectivity index (χ1) is 19.8. The molecule has 3 aliphatic rings. The fraction of sp³-hybridized carbons (Fsp3) is 0.455. The van der Waals surface area contributed by atoms with Crippen LogP contribution in [-0.4, -0.2) is 54.5 Å². The third-order valence-corrected chi connectivity index (χ3v) is 10.8. The van der Waals surface area contributed by atoms with E-state index in [0.717, 1.165) is 62.5 Å². The molecule has 0 radical (unpaired) electrons. The molecular formula is C33H40N4O3S. The molecule has 0 saturated carbocycles. The second kappa shape index (κ2) is 11.6. The average Bonchev–Trinajstić information content (AvgIpc) is 3.35. The maximum absolute atomic E-state index is 13.0. The Labute approximate surface area is 244 Å².